The zero-order chi connectivity index (χ0) is 12.9. The summed E-state index contributed by atoms with van der Waals surface area (Å²) >= 11 is 4.78. The molecule has 0 aromatic rings. The summed E-state index contributed by atoms with van der Waals surface area (Å²) in [6.45, 7) is 4.10. The molecule has 0 radical (unpaired) electrons. The first-order valence-electron chi connectivity index (χ1n) is 5.59. The van der Waals surface area contributed by atoms with Crippen LogP contribution in [0.15, 0.2) is 0 Å². The molecule has 1 aliphatic rings. The monoisotopic (exact) mass is 281 g/mol. The topological polar surface area (TPSA) is 75.9 Å². The van der Waals surface area contributed by atoms with E-state index in [0.717, 1.165) is 6.42 Å². The van der Waals surface area contributed by atoms with Crippen molar-refractivity contribution < 1.29 is 13.2 Å². The minimum Gasteiger partial charge on any atom is -0.392 e. The minimum atomic E-state index is -3.46. The van der Waals surface area contributed by atoms with Gasteiger partial charge in [-0.25, -0.2) is 0 Å². The second-order valence-electron chi connectivity index (χ2n) is 3.82. The molecule has 0 aromatic carbocycles. The van der Waals surface area contributed by atoms with E-state index < -0.39 is 10.2 Å². The third-order valence-corrected chi connectivity index (χ3v) is 4.54. The van der Waals surface area contributed by atoms with Gasteiger partial charge in [0.25, 0.3) is 10.2 Å². The Morgan fingerprint density at radius 2 is 2.06 bits per heavy atom. The molecule has 100 valence electrons. The molecule has 1 fully saturated rings. The maximum atomic E-state index is 12.3. The average molecular weight is 281 g/mol. The van der Waals surface area contributed by atoms with Crippen LogP contribution in [0, 0.1) is 0 Å². The summed E-state index contributed by atoms with van der Waals surface area (Å²) in [6, 6.07) is 0. The second-order valence-corrected chi connectivity index (χ2v) is 6.27. The van der Waals surface area contributed by atoms with Gasteiger partial charge in [-0.05, 0) is 6.42 Å². The quantitative estimate of drug-likeness (QED) is 0.668. The molecule has 2 N–H and O–H groups in total. The van der Waals surface area contributed by atoms with Crippen molar-refractivity contribution >= 4 is 27.4 Å². The SMILES string of the molecule is CCCN(CC(N)=S)S(=O)(=O)N1CCOCC1. The molecule has 0 unspecified atom stereocenters. The van der Waals surface area contributed by atoms with Gasteiger partial charge in [-0.1, -0.05) is 19.1 Å². The number of hydrogen-bond acceptors (Lipinski definition) is 4. The molecule has 0 saturated carbocycles. The van der Waals surface area contributed by atoms with Crippen LogP contribution in [0.2, 0.25) is 0 Å². The summed E-state index contributed by atoms with van der Waals surface area (Å²) in [5.41, 5.74) is 5.43. The Morgan fingerprint density at radius 3 is 2.53 bits per heavy atom. The van der Waals surface area contributed by atoms with Gasteiger partial charge in [-0.15, -0.1) is 0 Å². The first-order valence-corrected chi connectivity index (χ1v) is 7.40. The van der Waals surface area contributed by atoms with E-state index in [2.05, 4.69) is 0 Å². The van der Waals surface area contributed by atoms with Crippen molar-refractivity contribution in [2.24, 2.45) is 5.73 Å². The van der Waals surface area contributed by atoms with Crippen molar-refractivity contribution in [2.45, 2.75) is 13.3 Å². The number of rotatable bonds is 6. The van der Waals surface area contributed by atoms with Gasteiger partial charge in [0, 0.05) is 19.6 Å². The lowest BCUT2D eigenvalue weighted by Crippen LogP contribution is -2.50. The molecular formula is C9H19N3O3S2. The molecule has 8 heteroatoms. The van der Waals surface area contributed by atoms with Crippen LogP contribution in [-0.4, -0.2) is 61.4 Å². The number of hydrogen-bond donors (Lipinski definition) is 1. The van der Waals surface area contributed by atoms with Gasteiger partial charge < -0.3 is 10.5 Å². The number of thiocarbonyl (C=S) groups is 1. The van der Waals surface area contributed by atoms with Gasteiger partial charge in [0.1, 0.15) is 0 Å². The molecule has 0 amide bonds. The lowest BCUT2D eigenvalue weighted by molar-refractivity contribution is 0.0704. The average Bonchev–Trinajstić information content (AvgIpc) is 2.29. The summed E-state index contributed by atoms with van der Waals surface area (Å²) in [7, 11) is -3.46. The Kier molecular flexibility index (Phi) is 5.74. The molecule has 17 heavy (non-hydrogen) atoms. The van der Waals surface area contributed by atoms with Crippen LogP contribution < -0.4 is 5.73 Å². The van der Waals surface area contributed by atoms with Crippen molar-refractivity contribution in [3.63, 3.8) is 0 Å². The summed E-state index contributed by atoms with van der Waals surface area (Å²) in [5.74, 6) is 0. The lowest BCUT2D eigenvalue weighted by Gasteiger charge is -2.31. The highest BCUT2D eigenvalue weighted by atomic mass is 32.2. The molecule has 1 rings (SSSR count). The number of nitrogens with two attached hydrogens (primary N) is 1. The Morgan fingerprint density at radius 1 is 1.47 bits per heavy atom. The second kappa shape index (κ2) is 6.60. The van der Waals surface area contributed by atoms with Crippen molar-refractivity contribution in [3.8, 4) is 0 Å². The third-order valence-electron chi connectivity index (χ3n) is 2.43. The van der Waals surface area contributed by atoms with Gasteiger partial charge in [0.15, 0.2) is 0 Å². The van der Waals surface area contributed by atoms with Crippen LogP contribution in [0.5, 0.6) is 0 Å². The van der Waals surface area contributed by atoms with Crippen molar-refractivity contribution in [1.29, 1.82) is 0 Å². The van der Waals surface area contributed by atoms with Crippen LogP contribution in [0.1, 0.15) is 13.3 Å². The van der Waals surface area contributed by atoms with E-state index in [1.54, 1.807) is 0 Å². The van der Waals surface area contributed by atoms with E-state index in [1.165, 1.54) is 8.61 Å². The Labute approximate surface area is 108 Å². The molecule has 1 heterocycles. The maximum Gasteiger partial charge on any atom is 0.282 e. The lowest BCUT2D eigenvalue weighted by atomic mass is 10.5. The summed E-state index contributed by atoms with van der Waals surface area (Å²) in [4.78, 5) is 0.190. The van der Waals surface area contributed by atoms with E-state index >= 15 is 0 Å². The first kappa shape index (κ1) is 14.8. The first-order chi connectivity index (χ1) is 7.98. The standard InChI is InChI=1S/C9H19N3O3S2/c1-2-3-12(8-9(10)16)17(13,14)11-4-6-15-7-5-11/h2-8H2,1H3,(H2,10,16). The van der Waals surface area contributed by atoms with E-state index in [9.17, 15) is 8.42 Å². The fraction of sp³-hybridized carbons (Fsp3) is 0.889. The highest BCUT2D eigenvalue weighted by Gasteiger charge is 2.30. The molecule has 0 atom stereocenters. The van der Waals surface area contributed by atoms with Gasteiger partial charge in [-0.2, -0.15) is 17.0 Å². The molecule has 6 nitrogen and oxygen atoms in total. The van der Waals surface area contributed by atoms with Gasteiger partial charge in [-0.3, -0.25) is 0 Å². The highest BCUT2D eigenvalue weighted by molar-refractivity contribution is 7.87. The van der Waals surface area contributed by atoms with Crippen molar-refractivity contribution in [2.75, 3.05) is 39.4 Å². The van der Waals surface area contributed by atoms with Crippen molar-refractivity contribution in [3.05, 3.63) is 0 Å². The fourth-order valence-electron chi connectivity index (χ4n) is 1.64. The number of morpholine rings is 1. The highest BCUT2D eigenvalue weighted by Crippen LogP contribution is 2.11. The fourth-order valence-corrected chi connectivity index (χ4v) is 3.53. The van der Waals surface area contributed by atoms with Gasteiger partial charge in [0.2, 0.25) is 0 Å². The van der Waals surface area contributed by atoms with Crippen LogP contribution in [-0.2, 0) is 14.9 Å². The maximum absolute atomic E-state index is 12.3. The van der Waals surface area contributed by atoms with Crippen LogP contribution >= 0.6 is 12.2 Å². The Bertz CT molecular complexity index is 352. The Balaban J connectivity index is 2.78. The zero-order valence-corrected chi connectivity index (χ0v) is 11.6. The summed E-state index contributed by atoms with van der Waals surface area (Å²) in [5, 5.41) is 0. The largest absolute Gasteiger partial charge is 0.392 e. The predicted molar refractivity (Wildman–Crippen MR) is 70.0 cm³/mol. The van der Waals surface area contributed by atoms with E-state index in [4.69, 9.17) is 22.7 Å². The summed E-state index contributed by atoms with van der Waals surface area (Å²) in [6.07, 6.45) is 0.728. The van der Waals surface area contributed by atoms with E-state index in [0.29, 0.717) is 32.8 Å². The van der Waals surface area contributed by atoms with E-state index in [-0.39, 0.29) is 11.5 Å². The molecule has 0 aliphatic carbocycles. The van der Waals surface area contributed by atoms with Crippen LogP contribution in [0.3, 0.4) is 0 Å². The molecule has 0 spiro atoms. The summed E-state index contributed by atoms with van der Waals surface area (Å²) < 4.78 is 32.5. The Hall–Kier alpha value is -0.280. The van der Waals surface area contributed by atoms with E-state index in [1.807, 2.05) is 6.92 Å². The normalized spacial score (nSPS) is 18.5. The van der Waals surface area contributed by atoms with Gasteiger partial charge in [0.05, 0.1) is 24.7 Å². The molecule has 1 saturated heterocycles. The number of nitrogens with zero attached hydrogens (tertiary/aromatic N) is 2. The zero-order valence-electron chi connectivity index (χ0n) is 9.96. The predicted octanol–water partition coefficient (Wildman–Crippen LogP) is -0.438. The van der Waals surface area contributed by atoms with Crippen LogP contribution in [0.25, 0.3) is 0 Å². The number of ether oxygens (including phenoxy) is 1. The smallest absolute Gasteiger partial charge is 0.282 e. The molecule has 0 aromatic heterocycles. The van der Waals surface area contributed by atoms with Crippen LogP contribution in [0.4, 0.5) is 0 Å². The molecule has 0 bridgehead atoms. The third kappa shape index (κ3) is 4.14. The molecular weight excluding hydrogens is 262 g/mol. The molecule has 1 aliphatic heterocycles. The van der Waals surface area contributed by atoms with Gasteiger partial charge >= 0.3 is 0 Å². The minimum absolute atomic E-state index is 0.100. The van der Waals surface area contributed by atoms with Crippen molar-refractivity contribution in [1.82, 2.24) is 8.61 Å².